The van der Waals surface area contributed by atoms with Crippen LogP contribution in [0.5, 0.6) is 5.88 Å². The number of piperidine rings is 1. The Hall–Kier alpha value is -0.870. The number of halogens is 1. The van der Waals surface area contributed by atoms with E-state index >= 15 is 0 Å². The van der Waals surface area contributed by atoms with Gasteiger partial charge in [-0.15, -0.1) is 0 Å². The molecule has 1 N–H and O–H groups in total. The Morgan fingerprint density at radius 3 is 3.19 bits per heavy atom. The van der Waals surface area contributed by atoms with Crippen molar-refractivity contribution in [1.29, 1.82) is 0 Å². The molecule has 0 aromatic carbocycles. The van der Waals surface area contributed by atoms with Crippen LogP contribution < -0.4 is 10.1 Å². The van der Waals surface area contributed by atoms with E-state index in [1.807, 2.05) is 0 Å². The summed E-state index contributed by atoms with van der Waals surface area (Å²) >= 11 is 5.71. The molecule has 1 aliphatic heterocycles. The van der Waals surface area contributed by atoms with E-state index in [9.17, 15) is 0 Å². The first-order valence-corrected chi connectivity index (χ1v) is 6.03. The van der Waals surface area contributed by atoms with Crippen LogP contribution in [-0.4, -0.2) is 29.7 Å². The molecule has 1 saturated heterocycles. The molecule has 1 aliphatic rings. The lowest BCUT2D eigenvalue weighted by Gasteiger charge is -2.22. The maximum absolute atomic E-state index is 5.71. The van der Waals surface area contributed by atoms with E-state index in [0.717, 1.165) is 25.4 Å². The number of nitrogens with zero attached hydrogens (tertiary/aromatic N) is 2. The van der Waals surface area contributed by atoms with Crippen LogP contribution >= 0.6 is 11.6 Å². The molecular weight excluding hydrogens is 226 g/mol. The van der Waals surface area contributed by atoms with Crippen molar-refractivity contribution in [3.8, 4) is 5.88 Å². The van der Waals surface area contributed by atoms with Gasteiger partial charge < -0.3 is 10.1 Å². The van der Waals surface area contributed by atoms with Gasteiger partial charge in [-0.2, -0.15) is 4.98 Å². The first-order valence-electron chi connectivity index (χ1n) is 5.65. The summed E-state index contributed by atoms with van der Waals surface area (Å²) in [6, 6.07) is 0. The third kappa shape index (κ3) is 3.61. The molecule has 2 rings (SSSR count). The summed E-state index contributed by atoms with van der Waals surface area (Å²) in [6.07, 6.45) is 6.70. The molecule has 88 valence electrons. The van der Waals surface area contributed by atoms with E-state index < -0.39 is 0 Å². The minimum absolute atomic E-state index is 0.372. The number of aromatic nitrogens is 2. The van der Waals surface area contributed by atoms with Crippen molar-refractivity contribution in [3.05, 3.63) is 17.5 Å². The minimum atomic E-state index is 0.372. The van der Waals surface area contributed by atoms with E-state index in [1.54, 1.807) is 6.20 Å². The third-order valence-corrected chi connectivity index (χ3v) is 2.94. The summed E-state index contributed by atoms with van der Waals surface area (Å²) in [7, 11) is 0. The van der Waals surface area contributed by atoms with Crippen LogP contribution in [0.2, 0.25) is 5.15 Å². The molecule has 0 aliphatic carbocycles. The third-order valence-electron chi connectivity index (χ3n) is 2.76. The average Bonchev–Trinajstić information content (AvgIpc) is 2.30. The predicted octanol–water partition coefficient (Wildman–Crippen LogP) is 1.90. The zero-order chi connectivity index (χ0) is 11.2. The van der Waals surface area contributed by atoms with Gasteiger partial charge in [0.1, 0.15) is 0 Å². The molecule has 5 heteroatoms. The highest BCUT2D eigenvalue weighted by Gasteiger charge is 2.12. The lowest BCUT2D eigenvalue weighted by atomic mass is 9.97. The molecule has 0 bridgehead atoms. The fourth-order valence-electron chi connectivity index (χ4n) is 1.90. The molecule has 2 heterocycles. The molecule has 0 unspecified atom stereocenters. The van der Waals surface area contributed by atoms with E-state index in [1.165, 1.54) is 19.0 Å². The van der Waals surface area contributed by atoms with E-state index in [-0.39, 0.29) is 0 Å². The summed E-state index contributed by atoms with van der Waals surface area (Å²) in [5.41, 5.74) is 0. The maximum Gasteiger partial charge on any atom is 0.233 e. The lowest BCUT2D eigenvalue weighted by molar-refractivity contribution is 0.246. The summed E-state index contributed by atoms with van der Waals surface area (Å²) in [6.45, 7) is 2.93. The predicted molar refractivity (Wildman–Crippen MR) is 62.7 cm³/mol. The van der Waals surface area contributed by atoms with Crippen molar-refractivity contribution in [2.24, 2.45) is 5.92 Å². The van der Waals surface area contributed by atoms with Gasteiger partial charge >= 0.3 is 0 Å². The topological polar surface area (TPSA) is 47.0 Å². The van der Waals surface area contributed by atoms with Gasteiger partial charge in [-0.3, -0.25) is 4.98 Å². The van der Waals surface area contributed by atoms with E-state index in [0.29, 0.717) is 17.6 Å². The fraction of sp³-hybridized carbons (Fsp3) is 0.636. The lowest BCUT2D eigenvalue weighted by Crippen LogP contribution is -2.30. The van der Waals surface area contributed by atoms with Crippen LogP contribution in [0, 0.1) is 5.92 Å². The highest BCUT2D eigenvalue weighted by Crippen LogP contribution is 2.15. The van der Waals surface area contributed by atoms with Crippen LogP contribution in [0.3, 0.4) is 0 Å². The van der Waals surface area contributed by atoms with E-state index in [2.05, 4.69) is 15.3 Å². The van der Waals surface area contributed by atoms with Gasteiger partial charge in [-0.05, 0) is 38.3 Å². The van der Waals surface area contributed by atoms with Gasteiger partial charge in [-0.1, -0.05) is 11.6 Å². The van der Waals surface area contributed by atoms with Crippen molar-refractivity contribution < 1.29 is 4.74 Å². The Bertz CT molecular complexity index is 329. The molecule has 4 nitrogen and oxygen atoms in total. The van der Waals surface area contributed by atoms with Crippen LogP contribution in [0.1, 0.15) is 19.3 Å². The number of hydrogen-bond donors (Lipinski definition) is 1. The summed E-state index contributed by atoms with van der Waals surface area (Å²) in [5, 5.41) is 3.76. The number of hydrogen-bond acceptors (Lipinski definition) is 4. The largest absolute Gasteiger partial charge is 0.477 e. The molecule has 1 fully saturated rings. The molecule has 1 atom stereocenters. The Kier molecular flexibility index (Phi) is 4.36. The van der Waals surface area contributed by atoms with Crippen molar-refractivity contribution in [2.75, 3.05) is 19.7 Å². The second-order valence-electron chi connectivity index (χ2n) is 4.03. The van der Waals surface area contributed by atoms with Crippen LogP contribution in [0.4, 0.5) is 0 Å². The van der Waals surface area contributed by atoms with Gasteiger partial charge in [0.05, 0.1) is 19.0 Å². The Morgan fingerprint density at radius 2 is 2.44 bits per heavy atom. The number of rotatable bonds is 4. The summed E-state index contributed by atoms with van der Waals surface area (Å²) in [5.74, 6) is 1.23. The van der Waals surface area contributed by atoms with Crippen LogP contribution in [0.25, 0.3) is 0 Å². The Morgan fingerprint density at radius 1 is 1.50 bits per heavy atom. The van der Waals surface area contributed by atoms with Crippen molar-refractivity contribution >= 4 is 11.6 Å². The maximum atomic E-state index is 5.71. The molecular formula is C11H16ClN3O. The Labute approximate surface area is 100 Å². The Balaban J connectivity index is 1.71. The van der Waals surface area contributed by atoms with E-state index in [4.69, 9.17) is 16.3 Å². The van der Waals surface area contributed by atoms with Crippen LogP contribution in [0.15, 0.2) is 12.4 Å². The van der Waals surface area contributed by atoms with Gasteiger partial charge in [0, 0.05) is 0 Å². The summed E-state index contributed by atoms with van der Waals surface area (Å²) < 4.78 is 5.50. The van der Waals surface area contributed by atoms with Crippen LogP contribution in [-0.2, 0) is 0 Å². The van der Waals surface area contributed by atoms with Gasteiger partial charge in [-0.25, -0.2) is 0 Å². The molecule has 0 saturated carbocycles. The van der Waals surface area contributed by atoms with Gasteiger partial charge in [0.2, 0.25) is 5.88 Å². The van der Waals surface area contributed by atoms with Crippen molar-refractivity contribution in [1.82, 2.24) is 15.3 Å². The monoisotopic (exact) mass is 241 g/mol. The second kappa shape index (κ2) is 6.01. The summed E-state index contributed by atoms with van der Waals surface area (Å²) in [4.78, 5) is 7.94. The smallest absolute Gasteiger partial charge is 0.233 e. The quantitative estimate of drug-likeness (QED) is 0.875. The number of nitrogens with one attached hydrogen (secondary N) is 1. The minimum Gasteiger partial charge on any atom is -0.477 e. The molecule has 1 aromatic rings. The molecule has 0 spiro atoms. The van der Waals surface area contributed by atoms with Gasteiger partial charge in [0.15, 0.2) is 5.15 Å². The van der Waals surface area contributed by atoms with Crippen molar-refractivity contribution in [2.45, 2.75) is 19.3 Å². The fourth-order valence-corrected chi connectivity index (χ4v) is 2.04. The first-order chi connectivity index (χ1) is 7.84. The number of ether oxygens (including phenoxy) is 1. The molecule has 0 radical (unpaired) electrons. The normalized spacial score (nSPS) is 20.7. The first kappa shape index (κ1) is 11.6. The second-order valence-corrected chi connectivity index (χ2v) is 4.42. The average molecular weight is 242 g/mol. The molecule has 0 amide bonds. The zero-order valence-corrected chi connectivity index (χ0v) is 9.91. The standard InChI is InChI=1S/C11H16ClN3O/c12-10-7-14-8-11(15-10)16-5-3-9-2-1-4-13-6-9/h7-9,13H,1-6H2/t9-/m0/s1. The zero-order valence-electron chi connectivity index (χ0n) is 9.16. The molecule has 16 heavy (non-hydrogen) atoms. The van der Waals surface area contributed by atoms with Gasteiger partial charge in [0.25, 0.3) is 0 Å². The molecule has 1 aromatic heterocycles. The SMILES string of the molecule is Clc1cncc(OCC[C@@H]2CCCNC2)n1. The highest BCUT2D eigenvalue weighted by molar-refractivity contribution is 6.29. The van der Waals surface area contributed by atoms with Crippen molar-refractivity contribution in [3.63, 3.8) is 0 Å². The highest BCUT2D eigenvalue weighted by atomic mass is 35.5.